The molecule has 2 aliphatic rings. The van der Waals surface area contributed by atoms with Crippen LogP contribution in [0.1, 0.15) is 58.8 Å². The standard InChI is InChI=1S/C23H28N2O3/c1-16-8-13-28-21(16)22(27)25-11-9-23(10-12-25)15-17(14-20(26)24(2)3)18-6-4-5-7-19(18)23/h4-8,13,17H,9-12,14-15H2,1-3H3. The highest BCUT2D eigenvalue weighted by molar-refractivity contribution is 5.93. The third-order valence-corrected chi connectivity index (χ3v) is 6.59. The second-order valence-electron chi connectivity index (χ2n) is 8.49. The van der Waals surface area contributed by atoms with Gasteiger partial charge in [0, 0.05) is 39.2 Å². The average molecular weight is 380 g/mol. The van der Waals surface area contributed by atoms with Gasteiger partial charge >= 0.3 is 0 Å². The SMILES string of the molecule is Cc1ccoc1C(=O)N1CCC2(CC1)CC(CC(=O)N(C)C)c1ccccc12. The third kappa shape index (κ3) is 3.13. The normalized spacial score (nSPS) is 20.2. The van der Waals surface area contributed by atoms with Crippen LogP contribution in [0, 0.1) is 6.92 Å². The van der Waals surface area contributed by atoms with Crippen LogP contribution >= 0.6 is 0 Å². The molecule has 1 aliphatic heterocycles. The maximum atomic E-state index is 12.8. The van der Waals surface area contributed by atoms with Crippen LogP contribution in [0.25, 0.3) is 0 Å². The molecule has 1 aromatic carbocycles. The van der Waals surface area contributed by atoms with E-state index in [2.05, 4.69) is 24.3 Å². The van der Waals surface area contributed by atoms with Crippen LogP contribution in [0.15, 0.2) is 41.0 Å². The van der Waals surface area contributed by atoms with Crippen molar-refractivity contribution < 1.29 is 14.0 Å². The smallest absolute Gasteiger partial charge is 0.289 e. The van der Waals surface area contributed by atoms with Crippen LogP contribution in [0.3, 0.4) is 0 Å². The van der Waals surface area contributed by atoms with E-state index in [1.54, 1.807) is 11.2 Å². The monoisotopic (exact) mass is 380 g/mol. The number of likely N-dealkylation sites (tertiary alicyclic amines) is 1. The fraction of sp³-hybridized carbons (Fsp3) is 0.478. The summed E-state index contributed by atoms with van der Waals surface area (Å²) in [6.45, 7) is 3.35. The summed E-state index contributed by atoms with van der Waals surface area (Å²) < 4.78 is 5.40. The van der Waals surface area contributed by atoms with Gasteiger partial charge in [-0.05, 0) is 54.7 Å². The Morgan fingerprint density at radius 3 is 2.54 bits per heavy atom. The number of furan rings is 1. The average Bonchev–Trinajstić information content (AvgIpc) is 3.24. The fourth-order valence-electron chi connectivity index (χ4n) is 4.95. The number of benzene rings is 1. The zero-order valence-electron chi connectivity index (χ0n) is 16.9. The van der Waals surface area contributed by atoms with E-state index < -0.39 is 0 Å². The summed E-state index contributed by atoms with van der Waals surface area (Å²) in [4.78, 5) is 28.7. The van der Waals surface area contributed by atoms with E-state index in [1.165, 1.54) is 11.1 Å². The number of hydrogen-bond acceptors (Lipinski definition) is 3. The highest BCUT2D eigenvalue weighted by atomic mass is 16.3. The molecule has 0 bridgehead atoms. The van der Waals surface area contributed by atoms with Crippen molar-refractivity contribution >= 4 is 11.8 Å². The Labute approximate surface area is 166 Å². The maximum absolute atomic E-state index is 12.8. The Morgan fingerprint density at radius 2 is 1.89 bits per heavy atom. The molecule has 148 valence electrons. The summed E-state index contributed by atoms with van der Waals surface area (Å²) in [6.07, 6.45) is 4.99. The van der Waals surface area contributed by atoms with E-state index in [0.717, 1.165) is 37.9 Å². The van der Waals surface area contributed by atoms with Crippen LogP contribution in [0.4, 0.5) is 0 Å². The number of aryl methyl sites for hydroxylation is 1. The number of fused-ring (bicyclic) bond motifs is 2. The zero-order chi connectivity index (χ0) is 19.9. The van der Waals surface area contributed by atoms with Gasteiger partial charge in [0.1, 0.15) is 0 Å². The highest BCUT2D eigenvalue weighted by Gasteiger charge is 2.46. The minimum atomic E-state index is -0.0111. The van der Waals surface area contributed by atoms with Crippen molar-refractivity contribution in [2.24, 2.45) is 0 Å². The van der Waals surface area contributed by atoms with Crippen molar-refractivity contribution in [1.82, 2.24) is 9.80 Å². The Morgan fingerprint density at radius 1 is 1.18 bits per heavy atom. The van der Waals surface area contributed by atoms with Crippen LogP contribution < -0.4 is 0 Å². The van der Waals surface area contributed by atoms with Gasteiger partial charge in [-0.2, -0.15) is 0 Å². The van der Waals surface area contributed by atoms with Crippen molar-refractivity contribution in [3.63, 3.8) is 0 Å². The van der Waals surface area contributed by atoms with Gasteiger partial charge in [0.2, 0.25) is 5.91 Å². The molecule has 1 aliphatic carbocycles. The van der Waals surface area contributed by atoms with E-state index >= 15 is 0 Å². The Balaban J connectivity index is 1.53. The Bertz CT molecular complexity index is 891. The van der Waals surface area contributed by atoms with Gasteiger partial charge in [-0.15, -0.1) is 0 Å². The van der Waals surface area contributed by atoms with E-state index in [-0.39, 0.29) is 23.1 Å². The van der Waals surface area contributed by atoms with Crippen LogP contribution in [0.5, 0.6) is 0 Å². The first-order chi connectivity index (χ1) is 13.4. The van der Waals surface area contributed by atoms with Gasteiger partial charge in [-0.3, -0.25) is 9.59 Å². The van der Waals surface area contributed by atoms with Gasteiger partial charge < -0.3 is 14.2 Å². The first-order valence-corrected chi connectivity index (χ1v) is 10.0. The summed E-state index contributed by atoms with van der Waals surface area (Å²) >= 11 is 0. The number of hydrogen-bond donors (Lipinski definition) is 0. The third-order valence-electron chi connectivity index (χ3n) is 6.59. The summed E-state index contributed by atoms with van der Waals surface area (Å²) in [5.74, 6) is 0.888. The molecule has 4 rings (SSSR count). The molecule has 5 heteroatoms. The second kappa shape index (κ2) is 7.12. The molecular weight excluding hydrogens is 352 g/mol. The quantitative estimate of drug-likeness (QED) is 0.815. The summed E-state index contributed by atoms with van der Waals surface area (Å²) in [5.41, 5.74) is 3.66. The molecule has 0 saturated carbocycles. The topological polar surface area (TPSA) is 53.8 Å². The first-order valence-electron chi connectivity index (χ1n) is 10.0. The summed E-state index contributed by atoms with van der Waals surface area (Å²) in [6, 6.07) is 10.4. The maximum Gasteiger partial charge on any atom is 0.289 e. The number of nitrogens with zero attached hydrogens (tertiary/aromatic N) is 2. The van der Waals surface area contributed by atoms with Crippen LogP contribution in [-0.4, -0.2) is 48.8 Å². The van der Waals surface area contributed by atoms with Gasteiger partial charge in [0.05, 0.1) is 6.26 Å². The molecule has 1 spiro atoms. The van der Waals surface area contributed by atoms with E-state index in [1.807, 2.05) is 32.0 Å². The molecular formula is C23H28N2O3. The molecule has 2 heterocycles. The number of carbonyl (C=O) groups is 2. The molecule has 28 heavy (non-hydrogen) atoms. The fourth-order valence-corrected chi connectivity index (χ4v) is 4.95. The molecule has 2 amide bonds. The number of amides is 2. The lowest BCUT2D eigenvalue weighted by molar-refractivity contribution is -0.129. The van der Waals surface area contributed by atoms with Gasteiger partial charge in [0.15, 0.2) is 5.76 Å². The van der Waals surface area contributed by atoms with Crippen molar-refractivity contribution in [1.29, 1.82) is 0 Å². The lowest BCUT2D eigenvalue weighted by Gasteiger charge is -2.40. The minimum absolute atomic E-state index is 0.0111. The zero-order valence-corrected chi connectivity index (χ0v) is 16.9. The second-order valence-corrected chi connectivity index (χ2v) is 8.49. The van der Waals surface area contributed by atoms with Crippen molar-refractivity contribution in [2.45, 2.75) is 43.9 Å². The largest absolute Gasteiger partial charge is 0.459 e. The molecule has 1 atom stereocenters. The molecule has 2 aromatic rings. The summed E-state index contributed by atoms with van der Waals surface area (Å²) in [5, 5.41) is 0. The van der Waals surface area contributed by atoms with Gasteiger partial charge in [-0.25, -0.2) is 0 Å². The number of piperidine rings is 1. The molecule has 1 fully saturated rings. The van der Waals surface area contributed by atoms with Crippen LogP contribution in [-0.2, 0) is 10.2 Å². The lowest BCUT2D eigenvalue weighted by atomic mass is 9.73. The molecule has 1 aromatic heterocycles. The molecule has 1 saturated heterocycles. The number of rotatable bonds is 3. The predicted molar refractivity (Wildman–Crippen MR) is 107 cm³/mol. The molecule has 1 unspecified atom stereocenters. The Hall–Kier alpha value is -2.56. The minimum Gasteiger partial charge on any atom is -0.459 e. The van der Waals surface area contributed by atoms with Crippen molar-refractivity contribution in [3.8, 4) is 0 Å². The van der Waals surface area contributed by atoms with E-state index in [0.29, 0.717) is 12.2 Å². The lowest BCUT2D eigenvalue weighted by Crippen LogP contribution is -2.44. The van der Waals surface area contributed by atoms with Gasteiger partial charge in [-0.1, -0.05) is 24.3 Å². The highest BCUT2D eigenvalue weighted by Crippen LogP contribution is 2.52. The van der Waals surface area contributed by atoms with E-state index in [4.69, 9.17) is 4.42 Å². The molecule has 0 radical (unpaired) electrons. The summed E-state index contributed by atoms with van der Waals surface area (Å²) in [7, 11) is 3.64. The van der Waals surface area contributed by atoms with Crippen LogP contribution in [0.2, 0.25) is 0 Å². The van der Waals surface area contributed by atoms with Gasteiger partial charge in [0.25, 0.3) is 5.91 Å². The molecule has 0 N–H and O–H groups in total. The predicted octanol–water partition coefficient (Wildman–Crippen LogP) is 3.73. The Kier molecular flexibility index (Phi) is 4.77. The molecule has 5 nitrogen and oxygen atoms in total. The van der Waals surface area contributed by atoms with Crippen molar-refractivity contribution in [2.75, 3.05) is 27.2 Å². The van der Waals surface area contributed by atoms with E-state index in [9.17, 15) is 9.59 Å². The first kappa shape index (κ1) is 18.8. The van der Waals surface area contributed by atoms with Crippen molar-refractivity contribution in [3.05, 3.63) is 59.0 Å². The number of carbonyl (C=O) groups excluding carboxylic acids is 2.